The van der Waals surface area contributed by atoms with Crippen molar-refractivity contribution in [2.75, 3.05) is 26.7 Å². The number of nitrogens with zero attached hydrogens (tertiary/aromatic N) is 1. The molecule has 0 saturated carbocycles. The van der Waals surface area contributed by atoms with Gasteiger partial charge in [0.25, 0.3) is 0 Å². The topological polar surface area (TPSA) is 75.8 Å². The zero-order valence-corrected chi connectivity index (χ0v) is 10.1. The first-order chi connectivity index (χ1) is 7.51. The SMILES string of the molecule is COC(=O)C(C)(O)CN1CCCCC1CN. The second kappa shape index (κ2) is 5.61. The molecule has 0 aromatic heterocycles. The Labute approximate surface area is 96.6 Å². The van der Waals surface area contributed by atoms with Gasteiger partial charge in [0.2, 0.25) is 0 Å². The van der Waals surface area contributed by atoms with Crippen LogP contribution in [0.5, 0.6) is 0 Å². The van der Waals surface area contributed by atoms with Gasteiger partial charge in [-0.05, 0) is 26.3 Å². The van der Waals surface area contributed by atoms with Crippen LogP contribution in [-0.2, 0) is 9.53 Å². The number of carbonyl (C=O) groups is 1. The minimum Gasteiger partial charge on any atom is -0.467 e. The van der Waals surface area contributed by atoms with E-state index in [1.54, 1.807) is 0 Å². The Morgan fingerprint density at radius 2 is 2.31 bits per heavy atom. The number of esters is 1. The lowest BCUT2D eigenvalue weighted by molar-refractivity contribution is -0.163. The van der Waals surface area contributed by atoms with Crippen molar-refractivity contribution >= 4 is 5.97 Å². The van der Waals surface area contributed by atoms with Crippen molar-refractivity contribution in [3.8, 4) is 0 Å². The maximum atomic E-state index is 11.4. The van der Waals surface area contributed by atoms with Crippen molar-refractivity contribution in [2.24, 2.45) is 5.73 Å². The van der Waals surface area contributed by atoms with Gasteiger partial charge in [0.05, 0.1) is 7.11 Å². The summed E-state index contributed by atoms with van der Waals surface area (Å²) in [4.78, 5) is 13.5. The smallest absolute Gasteiger partial charge is 0.338 e. The predicted molar refractivity (Wildman–Crippen MR) is 60.9 cm³/mol. The monoisotopic (exact) mass is 230 g/mol. The summed E-state index contributed by atoms with van der Waals surface area (Å²) < 4.78 is 4.58. The number of β-amino-alcohol motifs (C(OH)–C–C–N with tert-alkyl or cyclic N) is 1. The number of methoxy groups -OCH3 is 1. The van der Waals surface area contributed by atoms with Crippen LogP contribution >= 0.6 is 0 Å². The first kappa shape index (κ1) is 13.4. The highest BCUT2D eigenvalue weighted by atomic mass is 16.5. The van der Waals surface area contributed by atoms with Gasteiger partial charge in [-0.1, -0.05) is 6.42 Å². The van der Waals surface area contributed by atoms with Gasteiger partial charge in [-0.3, -0.25) is 4.90 Å². The van der Waals surface area contributed by atoms with Crippen LogP contribution in [0.3, 0.4) is 0 Å². The van der Waals surface area contributed by atoms with Gasteiger partial charge < -0.3 is 15.6 Å². The lowest BCUT2D eigenvalue weighted by atomic mass is 9.98. The van der Waals surface area contributed by atoms with E-state index in [0.717, 1.165) is 19.4 Å². The molecule has 94 valence electrons. The van der Waals surface area contributed by atoms with Crippen LogP contribution in [0, 0.1) is 0 Å². The normalized spacial score (nSPS) is 26.1. The first-order valence-corrected chi connectivity index (χ1v) is 5.76. The number of piperidine rings is 1. The molecule has 0 bridgehead atoms. The minimum absolute atomic E-state index is 0.268. The molecule has 1 aliphatic heterocycles. The molecule has 1 rings (SSSR count). The highest BCUT2D eigenvalue weighted by Crippen LogP contribution is 2.19. The van der Waals surface area contributed by atoms with Crippen molar-refractivity contribution < 1.29 is 14.6 Å². The van der Waals surface area contributed by atoms with Crippen LogP contribution in [0.4, 0.5) is 0 Å². The van der Waals surface area contributed by atoms with Crippen molar-refractivity contribution in [1.29, 1.82) is 0 Å². The molecule has 2 atom stereocenters. The molecule has 3 N–H and O–H groups in total. The van der Waals surface area contributed by atoms with Crippen LogP contribution < -0.4 is 5.73 Å². The van der Waals surface area contributed by atoms with Crippen LogP contribution in [0.2, 0.25) is 0 Å². The van der Waals surface area contributed by atoms with E-state index in [1.165, 1.54) is 20.5 Å². The van der Waals surface area contributed by atoms with Gasteiger partial charge in [-0.2, -0.15) is 0 Å². The van der Waals surface area contributed by atoms with Crippen LogP contribution in [0.1, 0.15) is 26.2 Å². The number of carbonyl (C=O) groups excluding carboxylic acids is 1. The van der Waals surface area contributed by atoms with Crippen molar-refractivity contribution in [2.45, 2.75) is 37.8 Å². The number of ether oxygens (including phenoxy) is 1. The molecule has 1 heterocycles. The maximum absolute atomic E-state index is 11.4. The zero-order valence-electron chi connectivity index (χ0n) is 10.1. The highest BCUT2D eigenvalue weighted by molar-refractivity contribution is 5.78. The third kappa shape index (κ3) is 3.17. The Morgan fingerprint density at radius 1 is 1.62 bits per heavy atom. The number of likely N-dealkylation sites (tertiary alicyclic amines) is 1. The fourth-order valence-corrected chi connectivity index (χ4v) is 2.21. The molecule has 0 radical (unpaired) electrons. The van der Waals surface area contributed by atoms with Gasteiger partial charge in [0.1, 0.15) is 0 Å². The van der Waals surface area contributed by atoms with E-state index in [1.807, 2.05) is 0 Å². The summed E-state index contributed by atoms with van der Waals surface area (Å²) in [5.41, 5.74) is 4.24. The standard InChI is InChI=1S/C11H22N2O3/c1-11(15,10(14)16-2)8-13-6-4-3-5-9(13)7-12/h9,15H,3-8,12H2,1-2H3. The number of rotatable bonds is 4. The lowest BCUT2D eigenvalue weighted by Gasteiger charge is -2.38. The molecular weight excluding hydrogens is 208 g/mol. The fraction of sp³-hybridized carbons (Fsp3) is 0.909. The molecule has 0 amide bonds. The number of hydrogen-bond donors (Lipinski definition) is 2. The summed E-state index contributed by atoms with van der Waals surface area (Å²) in [6, 6.07) is 0.268. The largest absolute Gasteiger partial charge is 0.467 e. The summed E-state index contributed by atoms with van der Waals surface area (Å²) in [6.07, 6.45) is 3.29. The van der Waals surface area contributed by atoms with Crippen molar-refractivity contribution in [3.05, 3.63) is 0 Å². The minimum atomic E-state index is -1.44. The van der Waals surface area contributed by atoms with E-state index in [4.69, 9.17) is 5.73 Å². The second-order valence-electron chi connectivity index (χ2n) is 4.62. The third-order valence-electron chi connectivity index (χ3n) is 3.16. The van der Waals surface area contributed by atoms with Crippen LogP contribution in [-0.4, -0.2) is 54.4 Å². The Kier molecular flexibility index (Phi) is 4.70. The van der Waals surface area contributed by atoms with E-state index >= 15 is 0 Å². The Hall–Kier alpha value is -0.650. The van der Waals surface area contributed by atoms with Gasteiger partial charge in [-0.25, -0.2) is 4.79 Å². The predicted octanol–water partition coefficient (Wildman–Crippen LogP) is -0.276. The maximum Gasteiger partial charge on any atom is 0.338 e. The molecule has 0 aromatic rings. The van der Waals surface area contributed by atoms with Crippen LogP contribution in [0.25, 0.3) is 0 Å². The van der Waals surface area contributed by atoms with Gasteiger partial charge in [0.15, 0.2) is 5.60 Å². The summed E-state index contributed by atoms with van der Waals surface area (Å²) in [6.45, 7) is 3.23. The molecule has 0 spiro atoms. The molecule has 1 aliphatic rings. The molecule has 16 heavy (non-hydrogen) atoms. The van der Waals surface area contributed by atoms with Crippen molar-refractivity contribution in [3.63, 3.8) is 0 Å². The van der Waals surface area contributed by atoms with Gasteiger partial charge in [0, 0.05) is 19.1 Å². The van der Waals surface area contributed by atoms with E-state index < -0.39 is 11.6 Å². The summed E-state index contributed by atoms with van der Waals surface area (Å²) in [5.74, 6) is -0.589. The molecule has 0 aliphatic carbocycles. The zero-order chi connectivity index (χ0) is 12.2. The number of nitrogens with two attached hydrogens (primary N) is 1. The average Bonchev–Trinajstić information content (AvgIpc) is 2.28. The molecule has 2 unspecified atom stereocenters. The Bertz CT molecular complexity index is 243. The van der Waals surface area contributed by atoms with Crippen LogP contribution in [0.15, 0.2) is 0 Å². The number of aliphatic hydroxyl groups is 1. The molecule has 1 saturated heterocycles. The fourth-order valence-electron chi connectivity index (χ4n) is 2.21. The second-order valence-corrected chi connectivity index (χ2v) is 4.62. The van der Waals surface area contributed by atoms with Gasteiger partial charge in [-0.15, -0.1) is 0 Å². The molecule has 5 nitrogen and oxygen atoms in total. The molecular formula is C11H22N2O3. The van der Waals surface area contributed by atoms with E-state index in [0.29, 0.717) is 13.1 Å². The molecule has 5 heteroatoms. The first-order valence-electron chi connectivity index (χ1n) is 5.76. The summed E-state index contributed by atoms with van der Waals surface area (Å²) >= 11 is 0. The van der Waals surface area contributed by atoms with Gasteiger partial charge >= 0.3 is 5.97 Å². The van der Waals surface area contributed by atoms with E-state index in [-0.39, 0.29) is 6.04 Å². The lowest BCUT2D eigenvalue weighted by Crippen LogP contribution is -2.53. The van der Waals surface area contributed by atoms with E-state index in [2.05, 4.69) is 9.64 Å². The highest BCUT2D eigenvalue weighted by Gasteiger charge is 2.36. The molecule has 0 aromatic carbocycles. The Morgan fingerprint density at radius 3 is 2.88 bits per heavy atom. The Balaban J connectivity index is 2.60. The quantitative estimate of drug-likeness (QED) is 0.650. The summed E-state index contributed by atoms with van der Waals surface area (Å²) in [5, 5.41) is 9.99. The average molecular weight is 230 g/mol. The van der Waals surface area contributed by atoms with Crippen molar-refractivity contribution in [1.82, 2.24) is 4.90 Å². The van der Waals surface area contributed by atoms with E-state index in [9.17, 15) is 9.90 Å². The number of hydrogen-bond acceptors (Lipinski definition) is 5. The summed E-state index contributed by atoms with van der Waals surface area (Å²) in [7, 11) is 1.29. The third-order valence-corrected chi connectivity index (χ3v) is 3.16. The molecule has 1 fully saturated rings.